The molecular formula is C16H17ClN2O3S. The number of hydrogen-bond acceptors (Lipinski definition) is 4. The summed E-state index contributed by atoms with van der Waals surface area (Å²) in [4.78, 5) is 29.2. The molecule has 1 aliphatic heterocycles. The minimum atomic E-state index is -0.116. The quantitative estimate of drug-likeness (QED) is 0.853. The highest BCUT2D eigenvalue weighted by Gasteiger charge is 2.24. The first-order valence-electron chi connectivity index (χ1n) is 7.48. The van der Waals surface area contributed by atoms with Gasteiger partial charge in [-0.2, -0.15) is 0 Å². The first-order chi connectivity index (χ1) is 11.1. The van der Waals surface area contributed by atoms with Crippen molar-refractivity contribution in [1.82, 2.24) is 9.80 Å². The smallest absolute Gasteiger partial charge is 0.289 e. The first kappa shape index (κ1) is 16.1. The van der Waals surface area contributed by atoms with E-state index in [1.54, 1.807) is 23.1 Å². The lowest BCUT2D eigenvalue weighted by Crippen LogP contribution is -2.37. The van der Waals surface area contributed by atoms with Gasteiger partial charge in [-0.1, -0.05) is 11.6 Å². The summed E-state index contributed by atoms with van der Waals surface area (Å²) in [5.74, 6) is 0.308. The molecular weight excluding hydrogens is 336 g/mol. The summed E-state index contributed by atoms with van der Waals surface area (Å²) < 4.78 is 5.86. The molecule has 5 nitrogen and oxygen atoms in total. The molecule has 122 valence electrons. The number of carbonyl (C=O) groups excluding carboxylic acids is 2. The monoisotopic (exact) mass is 352 g/mol. The molecule has 0 unspecified atom stereocenters. The van der Waals surface area contributed by atoms with Crippen molar-refractivity contribution in [3.8, 4) is 0 Å². The van der Waals surface area contributed by atoms with Crippen molar-refractivity contribution in [1.29, 1.82) is 0 Å². The van der Waals surface area contributed by atoms with E-state index >= 15 is 0 Å². The summed E-state index contributed by atoms with van der Waals surface area (Å²) in [7, 11) is 0. The molecule has 0 spiro atoms. The summed E-state index contributed by atoms with van der Waals surface area (Å²) in [6.45, 7) is 2.37. The zero-order valence-corrected chi connectivity index (χ0v) is 14.1. The maximum atomic E-state index is 12.4. The Hall–Kier alpha value is -1.79. The van der Waals surface area contributed by atoms with Crippen LogP contribution in [0, 0.1) is 0 Å². The van der Waals surface area contributed by atoms with Crippen LogP contribution in [0.25, 0.3) is 0 Å². The number of thiophene rings is 1. The molecule has 0 radical (unpaired) electrons. The van der Waals surface area contributed by atoms with Gasteiger partial charge in [0.05, 0.1) is 17.0 Å². The third-order valence-corrected chi connectivity index (χ3v) is 5.05. The highest BCUT2D eigenvalue weighted by atomic mass is 35.5. The number of amides is 2. The fraction of sp³-hybridized carbons (Fsp3) is 0.375. The summed E-state index contributed by atoms with van der Waals surface area (Å²) in [6, 6.07) is 7.06. The predicted octanol–water partition coefficient (Wildman–Crippen LogP) is 2.91. The average molecular weight is 353 g/mol. The second kappa shape index (κ2) is 7.19. The van der Waals surface area contributed by atoms with Gasteiger partial charge in [-0.25, -0.2) is 0 Å². The van der Waals surface area contributed by atoms with Gasteiger partial charge in [0.1, 0.15) is 0 Å². The summed E-state index contributed by atoms with van der Waals surface area (Å²) in [6.07, 6.45) is 2.62. The third kappa shape index (κ3) is 3.95. The maximum absolute atomic E-state index is 12.4. The van der Waals surface area contributed by atoms with Crippen LogP contribution in [0.2, 0.25) is 4.34 Å². The van der Waals surface area contributed by atoms with Crippen molar-refractivity contribution in [2.24, 2.45) is 0 Å². The molecule has 1 aliphatic rings. The van der Waals surface area contributed by atoms with Gasteiger partial charge < -0.3 is 14.2 Å². The Morgan fingerprint density at radius 1 is 1.13 bits per heavy atom. The van der Waals surface area contributed by atoms with Crippen LogP contribution in [-0.2, 0) is 11.2 Å². The Balaban J connectivity index is 1.57. The zero-order valence-electron chi connectivity index (χ0n) is 12.5. The fourth-order valence-corrected chi connectivity index (χ4v) is 3.71. The van der Waals surface area contributed by atoms with Crippen LogP contribution in [-0.4, -0.2) is 47.8 Å². The summed E-state index contributed by atoms with van der Waals surface area (Å²) in [5.41, 5.74) is 0. The van der Waals surface area contributed by atoms with Crippen molar-refractivity contribution in [2.45, 2.75) is 12.8 Å². The number of rotatable bonds is 3. The maximum Gasteiger partial charge on any atom is 0.289 e. The molecule has 3 rings (SSSR count). The molecule has 2 aromatic heterocycles. The van der Waals surface area contributed by atoms with Crippen LogP contribution < -0.4 is 0 Å². The van der Waals surface area contributed by atoms with E-state index in [4.69, 9.17) is 16.0 Å². The number of furan rings is 1. The second-order valence-corrected chi connectivity index (χ2v) is 7.19. The van der Waals surface area contributed by atoms with Crippen LogP contribution >= 0.6 is 22.9 Å². The SMILES string of the molecule is O=C(Cc1ccc(Cl)s1)N1CCCN(C(=O)c2ccco2)CC1. The molecule has 7 heteroatoms. The lowest BCUT2D eigenvalue weighted by molar-refractivity contribution is -0.130. The number of carbonyl (C=O) groups is 2. The summed E-state index contributed by atoms with van der Waals surface area (Å²) in [5, 5.41) is 0. The predicted molar refractivity (Wildman–Crippen MR) is 88.8 cm³/mol. The van der Waals surface area contributed by atoms with Gasteiger partial charge in [0, 0.05) is 31.1 Å². The van der Waals surface area contributed by atoms with Crippen LogP contribution in [0.3, 0.4) is 0 Å². The lowest BCUT2D eigenvalue weighted by atomic mass is 10.3. The Morgan fingerprint density at radius 3 is 2.61 bits per heavy atom. The molecule has 1 fully saturated rings. The number of halogens is 1. The van der Waals surface area contributed by atoms with Crippen molar-refractivity contribution < 1.29 is 14.0 Å². The van der Waals surface area contributed by atoms with Crippen molar-refractivity contribution in [3.63, 3.8) is 0 Å². The summed E-state index contributed by atoms with van der Waals surface area (Å²) >= 11 is 7.33. The highest BCUT2D eigenvalue weighted by molar-refractivity contribution is 7.16. The molecule has 0 N–H and O–H groups in total. The Morgan fingerprint density at radius 2 is 1.91 bits per heavy atom. The van der Waals surface area contributed by atoms with E-state index in [2.05, 4.69) is 0 Å². The Kier molecular flexibility index (Phi) is 5.03. The van der Waals surface area contributed by atoms with Gasteiger partial charge in [0.2, 0.25) is 5.91 Å². The zero-order chi connectivity index (χ0) is 16.2. The van der Waals surface area contributed by atoms with E-state index in [1.165, 1.54) is 17.6 Å². The van der Waals surface area contributed by atoms with E-state index in [1.807, 2.05) is 11.0 Å². The Bertz CT molecular complexity index is 683. The average Bonchev–Trinajstić information content (AvgIpc) is 3.13. The number of hydrogen-bond donors (Lipinski definition) is 0. The topological polar surface area (TPSA) is 53.8 Å². The molecule has 0 bridgehead atoms. The van der Waals surface area contributed by atoms with Crippen LogP contribution in [0.5, 0.6) is 0 Å². The molecule has 0 atom stereocenters. The molecule has 0 aromatic carbocycles. The third-order valence-electron chi connectivity index (χ3n) is 3.82. The molecule has 1 saturated heterocycles. The van der Waals surface area contributed by atoms with E-state index < -0.39 is 0 Å². The van der Waals surface area contributed by atoms with E-state index in [0.29, 0.717) is 42.7 Å². The lowest BCUT2D eigenvalue weighted by Gasteiger charge is -2.21. The van der Waals surface area contributed by atoms with Gasteiger partial charge in [-0.05, 0) is 30.7 Å². The van der Waals surface area contributed by atoms with E-state index in [0.717, 1.165) is 11.3 Å². The van der Waals surface area contributed by atoms with Gasteiger partial charge in [-0.3, -0.25) is 9.59 Å². The van der Waals surface area contributed by atoms with E-state index in [9.17, 15) is 9.59 Å². The van der Waals surface area contributed by atoms with Crippen molar-refractivity contribution >= 4 is 34.8 Å². The first-order valence-corrected chi connectivity index (χ1v) is 8.68. The molecule has 3 heterocycles. The van der Waals surface area contributed by atoms with E-state index in [-0.39, 0.29) is 11.8 Å². The largest absolute Gasteiger partial charge is 0.459 e. The second-order valence-electron chi connectivity index (χ2n) is 5.39. The minimum absolute atomic E-state index is 0.0795. The van der Waals surface area contributed by atoms with Gasteiger partial charge >= 0.3 is 0 Å². The normalized spacial score (nSPS) is 15.5. The molecule has 2 aromatic rings. The van der Waals surface area contributed by atoms with Crippen LogP contribution in [0.4, 0.5) is 0 Å². The Labute approximate surface area is 143 Å². The molecule has 0 aliphatic carbocycles. The minimum Gasteiger partial charge on any atom is -0.459 e. The highest BCUT2D eigenvalue weighted by Crippen LogP contribution is 2.22. The van der Waals surface area contributed by atoms with Crippen LogP contribution in [0.15, 0.2) is 34.9 Å². The standard InChI is InChI=1S/C16H17ClN2O3S/c17-14-5-4-12(23-14)11-15(20)18-6-2-7-19(9-8-18)16(21)13-3-1-10-22-13/h1,3-5,10H,2,6-9,11H2. The van der Waals surface area contributed by atoms with Gasteiger partial charge in [-0.15, -0.1) is 11.3 Å². The fourth-order valence-electron chi connectivity index (χ4n) is 2.63. The number of nitrogens with zero attached hydrogens (tertiary/aromatic N) is 2. The molecule has 2 amide bonds. The van der Waals surface area contributed by atoms with Gasteiger partial charge in [0.25, 0.3) is 5.91 Å². The van der Waals surface area contributed by atoms with Crippen LogP contribution in [0.1, 0.15) is 21.9 Å². The van der Waals surface area contributed by atoms with Crippen molar-refractivity contribution in [2.75, 3.05) is 26.2 Å². The molecule has 23 heavy (non-hydrogen) atoms. The van der Waals surface area contributed by atoms with Crippen molar-refractivity contribution in [3.05, 3.63) is 45.5 Å². The molecule has 0 saturated carbocycles. The van der Waals surface area contributed by atoms with Gasteiger partial charge in [0.15, 0.2) is 5.76 Å².